The highest BCUT2D eigenvalue weighted by molar-refractivity contribution is 6.18. The molecular weight excluding hydrogens is 232 g/mol. The molecule has 0 saturated heterocycles. The summed E-state index contributed by atoms with van der Waals surface area (Å²) in [6.45, 7) is 3.20. The molecule has 0 atom stereocenters. The zero-order valence-electron chi connectivity index (χ0n) is 9.03. The molecule has 0 bridgehead atoms. The molecule has 1 aromatic heterocycles. The molecule has 2 rings (SSSR count). The van der Waals surface area contributed by atoms with Crippen molar-refractivity contribution in [3.63, 3.8) is 0 Å². The molecule has 1 aliphatic rings. The van der Waals surface area contributed by atoms with Crippen LogP contribution in [0.15, 0.2) is 4.52 Å². The molecule has 1 aromatic rings. The van der Waals surface area contributed by atoms with E-state index in [0.717, 1.165) is 23.4 Å². The van der Waals surface area contributed by atoms with Crippen LogP contribution in [0.25, 0.3) is 0 Å². The molecule has 1 aliphatic heterocycles. The normalized spacial score (nSPS) is 14.8. The third kappa shape index (κ3) is 2.14. The predicted octanol–water partition coefficient (Wildman–Crippen LogP) is 1.72. The van der Waals surface area contributed by atoms with Crippen LogP contribution in [0.5, 0.6) is 0 Å². The molecule has 0 fully saturated rings. The number of carbonyl (C=O) groups is 1. The molecule has 0 N–H and O–H groups in total. The minimum absolute atomic E-state index is 0.235. The van der Waals surface area contributed by atoms with Gasteiger partial charge < -0.3 is 14.2 Å². The van der Waals surface area contributed by atoms with Crippen molar-refractivity contribution in [3.05, 3.63) is 17.0 Å². The molecule has 1 amide bonds. The highest BCUT2D eigenvalue weighted by Gasteiger charge is 2.26. The van der Waals surface area contributed by atoms with Gasteiger partial charge in [0.15, 0.2) is 5.76 Å². The van der Waals surface area contributed by atoms with Crippen LogP contribution in [0.4, 0.5) is 4.79 Å². The molecule has 0 aromatic carbocycles. The van der Waals surface area contributed by atoms with Gasteiger partial charge in [-0.05, 0) is 13.3 Å². The van der Waals surface area contributed by atoms with Gasteiger partial charge in [0.05, 0.1) is 18.1 Å². The van der Waals surface area contributed by atoms with Crippen LogP contribution in [0, 0.1) is 6.92 Å². The molecular formula is C10H13ClN2O3. The van der Waals surface area contributed by atoms with Crippen molar-refractivity contribution in [1.29, 1.82) is 0 Å². The van der Waals surface area contributed by atoms with Crippen LogP contribution < -0.4 is 0 Å². The monoisotopic (exact) mass is 244 g/mol. The molecule has 0 spiro atoms. The quantitative estimate of drug-likeness (QED) is 0.744. The number of nitrogens with zero attached hydrogens (tertiary/aromatic N) is 2. The van der Waals surface area contributed by atoms with Gasteiger partial charge in [-0.25, -0.2) is 4.79 Å². The van der Waals surface area contributed by atoms with Crippen molar-refractivity contribution >= 4 is 17.7 Å². The van der Waals surface area contributed by atoms with E-state index in [-0.39, 0.29) is 12.7 Å². The summed E-state index contributed by atoms with van der Waals surface area (Å²) in [6.07, 6.45) is 0.418. The van der Waals surface area contributed by atoms with Gasteiger partial charge in [-0.1, -0.05) is 5.16 Å². The second kappa shape index (κ2) is 4.74. The summed E-state index contributed by atoms with van der Waals surface area (Å²) >= 11 is 5.44. The van der Waals surface area contributed by atoms with Gasteiger partial charge in [-0.2, -0.15) is 0 Å². The first-order chi connectivity index (χ1) is 7.72. The zero-order valence-corrected chi connectivity index (χ0v) is 9.79. The molecule has 0 aliphatic carbocycles. The Morgan fingerprint density at radius 2 is 2.50 bits per heavy atom. The Labute approximate surface area is 98.3 Å². The second-order valence-electron chi connectivity index (χ2n) is 3.64. The summed E-state index contributed by atoms with van der Waals surface area (Å²) in [6, 6.07) is 0. The maximum Gasteiger partial charge on any atom is 0.410 e. The lowest BCUT2D eigenvalue weighted by Crippen LogP contribution is -2.36. The largest absolute Gasteiger partial charge is 0.448 e. The van der Waals surface area contributed by atoms with Crippen LogP contribution in [-0.4, -0.2) is 35.2 Å². The Morgan fingerprint density at radius 3 is 3.25 bits per heavy atom. The topological polar surface area (TPSA) is 55.6 Å². The van der Waals surface area contributed by atoms with Crippen LogP contribution in [-0.2, 0) is 17.7 Å². The summed E-state index contributed by atoms with van der Waals surface area (Å²) in [5.74, 6) is 1.07. The average molecular weight is 245 g/mol. The Hall–Kier alpha value is -1.23. The molecule has 0 unspecified atom stereocenters. The molecule has 5 nitrogen and oxygen atoms in total. The summed E-state index contributed by atoms with van der Waals surface area (Å²) in [4.78, 5) is 13.2. The lowest BCUT2D eigenvalue weighted by molar-refractivity contribution is 0.0986. The van der Waals surface area contributed by atoms with E-state index in [1.54, 1.807) is 4.90 Å². The third-order valence-electron chi connectivity index (χ3n) is 2.59. The van der Waals surface area contributed by atoms with E-state index in [2.05, 4.69) is 5.16 Å². The summed E-state index contributed by atoms with van der Waals surface area (Å²) in [7, 11) is 0. The SMILES string of the molecule is Cc1noc2c1CCN(C(=O)OCCCl)C2. The highest BCUT2D eigenvalue weighted by atomic mass is 35.5. The van der Waals surface area contributed by atoms with E-state index in [1.807, 2.05) is 6.92 Å². The standard InChI is InChI=1S/C10H13ClN2O3/c1-7-8-2-4-13(6-9(8)16-12-7)10(14)15-5-3-11/h2-6H2,1H3. The highest BCUT2D eigenvalue weighted by Crippen LogP contribution is 2.21. The van der Waals surface area contributed by atoms with Gasteiger partial charge in [-0.15, -0.1) is 11.6 Å². The number of aryl methyl sites for hydroxylation is 1. The van der Waals surface area contributed by atoms with E-state index in [0.29, 0.717) is 19.0 Å². The lowest BCUT2D eigenvalue weighted by atomic mass is 10.1. The van der Waals surface area contributed by atoms with Crippen molar-refractivity contribution in [1.82, 2.24) is 10.1 Å². The van der Waals surface area contributed by atoms with Crippen LogP contribution in [0.1, 0.15) is 17.0 Å². The van der Waals surface area contributed by atoms with Crippen molar-refractivity contribution in [3.8, 4) is 0 Å². The minimum atomic E-state index is -0.347. The summed E-state index contributed by atoms with van der Waals surface area (Å²) in [5.41, 5.74) is 2.02. The van der Waals surface area contributed by atoms with Gasteiger partial charge in [0.1, 0.15) is 6.61 Å². The molecule has 0 radical (unpaired) electrons. The zero-order chi connectivity index (χ0) is 11.5. The Morgan fingerprint density at radius 1 is 1.69 bits per heavy atom. The smallest absolute Gasteiger partial charge is 0.410 e. The molecule has 0 saturated carbocycles. The number of fused-ring (bicyclic) bond motifs is 1. The van der Waals surface area contributed by atoms with E-state index >= 15 is 0 Å². The van der Waals surface area contributed by atoms with Crippen molar-refractivity contribution < 1.29 is 14.1 Å². The summed E-state index contributed by atoms with van der Waals surface area (Å²) in [5, 5.41) is 3.88. The number of aromatic nitrogens is 1. The van der Waals surface area contributed by atoms with Crippen molar-refractivity contribution in [2.75, 3.05) is 19.0 Å². The predicted molar refractivity (Wildman–Crippen MR) is 57.4 cm³/mol. The molecule has 2 heterocycles. The van der Waals surface area contributed by atoms with Gasteiger partial charge in [0, 0.05) is 12.1 Å². The number of carbonyl (C=O) groups excluding carboxylic acids is 1. The average Bonchev–Trinajstić information content (AvgIpc) is 2.67. The van der Waals surface area contributed by atoms with Gasteiger partial charge in [0.2, 0.25) is 0 Å². The first-order valence-electron chi connectivity index (χ1n) is 5.14. The third-order valence-corrected chi connectivity index (χ3v) is 2.75. The fourth-order valence-electron chi connectivity index (χ4n) is 1.75. The Kier molecular flexibility index (Phi) is 3.33. The maximum atomic E-state index is 11.6. The van der Waals surface area contributed by atoms with Crippen LogP contribution >= 0.6 is 11.6 Å². The van der Waals surface area contributed by atoms with Gasteiger partial charge >= 0.3 is 6.09 Å². The van der Waals surface area contributed by atoms with E-state index in [1.165, 1.54) is 0 Å². The van der Waals surface area contributed by atoms with E-state index < -0.39 is 0 Å². The Bertz CT molecular complexity index is 391. The number of amides is 1. The second-order valence-corrected chi connectivity index (χ2v) is 4.02. The first kappa shape index (κ1) is 11.3. The van der Waals surface area contributed by atoms with Gasteiger partial charge in [0.25, 0.3) is 0 Å². The summed E-state index contributed by atoms with van der Waals surface area (Å²) < 4.78 is 10.1. The first-order valence-corrected chi connectivity index (χ1v) is 5.67. The van der Waals surface area contributed by atoms with Crippen molar-refractivity contribution in [2.45, 2.75) is 19.9 Å². The number of hydrogen-bond donors (Lipinski definition) is 0. The molecule has 6 heteroatoms. The van der Waals surface area contributed by atoms with Crippen LogP contribution in [0.3, 0.4) is 0 Å². The number of rotatable bonds is 2. The molecule has 16 heavy (non-hydrogen) atoms. The number of hydrogen-bond acceptors (Lipinski definition) is 4. The van der Waals surface area contributed by atoms with E-state index in [4.69, 9.17) is 20.9 Å². The minimum Gasteiger partial charge on any atom is -0.448 e. The van der Waals surface area contributed by atoms with Gasteiger partial charge in [-0.3, -0.25) is 0 Å². The van der Waals surface area contributed by atoms with Crippen LogP contribution in [0.2, 0.25) is 0 Å². The maximum absolute atomic E-state index is 11.6. The number of alkyl halides is 1. The number of ether oxygens (including phenoxy) is 1. The number of halogens is 1. The fourth-order valence-corrected chi connectivity index (χ4v) is 1.83. The van der Waals surface area contributed by atoms with E-state index in [9.17, 15) is 4.79 Å². The Balaban J connectivity index is 2.00. The molecule has 88 valence electrons. The van der Waals surface area contributed by atoms with Crippen molar-refractivity contribution in [2.24, 2.45) is 0 Å². The lowest BCUT2D eigenvalue weighted by Gasteiger charge is -2.24. The fraction of sp³-hybridized carbons (Fsp3) is 0.600.